The number of rotatable bonds is 2. The Morgan fingerprint density at radius 1 is 1.05 bits per heavy atom. The van der Waals surface area contributed by atoms with E-state index in [9.17, 15) is 14.0 Å². The number of carbonyl (C=O) groups is 2. The van der Waals surface area contributed by atoms with E-state index in [-0.39, 0.29) is 6.42 Å². The van der Waals surface area contributed by atoms with Gasteiger partial charge in [0.15, 0.2) is 0 Å². The lowest BCUT2D eigenvalue weighted by Gasteiger charge is -2.00. The first-order valence-corrected chi connectivity index (χ1v) is 6.29. The standard InChI is InChI=1S/C17H12FNO2/c18-15-8-4-7-14(11-15)12-17(21)19-16(20)10-9-13-5-2-1-3-6-13/h1-8,11H,12H2,(H,19,20,21). The van der Waals surface area contributed by atoms with E-state index in [1.54, 1.807) is 30.3 Å². The zero-order valence-corrected chi connectivity index (χ0v) is 11.1. The molecule has 0 aliphatic heterocycles. The van der Waals surface area contributed by atoms with Crippen molar-refractivity contribution in [2.75, 3.05) is 0 Å². The van der Waals surface area contributed by atoms with E-state index in [1.807, 2.05) is 6.07 Å². The highest BCUT2D eigenvalue weighted by atomic mass is 19.1. The molecule has 2 amide bonds. The van der Waals surface area contributed by atoms with Crippen LogP contribution in [0.4, 0.5) is 4.39 Å². The van der Waals surface area contributed by atoms with Gasteiger partial charge in [-0.1, -0.05) is 36.3 Å². The van der Waals surface area contributed by atoms with E-state index < -0.39 is 17.6 Å². The highest BCUT2D eigenvalue weighted by Gasteiger charge is 2.07. The van der Waals surface area contributed by atoms with E-state index in [0.717, 1.165) is 0 Å². The predicted molar refractivity (Wildman–Crippen MR) is 76.6 cm³/mol. The summed E-state index contributed by atoms with van der Waals surface area (Å²) in [6, 6.07) is 14.6. The fourth-order valence-corrected chi connectivity index (χ4v) is 1.68. The monoisotopic (exact) mass is 281 g/mol. The molecule has 0 saturated carbocycles. The molecule has 2 aromatic rings. The van der Waals surface area contributed by atoms with Gasteiger partial charge in [0.05, 0.1) is 6.42 Å². The minimum Gasteiger partial charge on any atom is -0.285 e. The molecule has 1 N–H and O–H groups in total. The summed E-state index contributed by atoms with van der Waals surface area (Å²) in [4.78, 5) is 23.1. The molecule has 2 aromatic carbocycles. The molecule has 0 unspecified atom stereocenters. The van der Waals surface area contributed by atoms with Crippen LogP contribution >= 0.6 is 0 Å². The highest BCUT2D eigenvalue weighted by molar-refractivity contribution is 6.05. The third-order valence-corrected chi connectivity index (χ3v) is 2.60. The maximum absolute atomic E-state index is 13.0. The van der Waals surface area contributed by atoms with Gasteiger partial charge in [0.25, 0.3) is 0 Å². The summed E-state index contributed by atoms with van der Waals surface area (Å²) in [6.07, 6.45) is -0.0729. The Bertz CT molecular complexity index is 714. The quantitative estimate of drug-likeness (QED) is 0.856. The van der Waals surface area contributed by atoms with Crippen molar-refractivity contribution in [3.05, 3.63) is 71.5 Å². The van der Waals surface area contributed by atoms with E-state index in [1.165, 1.54) is 18.2 Å². The Kier molecular flexibility index (Phi) is 4.84. The van der Waals surface area contributed by atoms with Crippen molar-refractivity contribution in [1.29, 1.82) is 0 Å². The highest BCUT2D eigenvalue weighted by Crippen LogP contribution is 2.04. The van der Waals surface area contributed by atoms with Crippen molar-refractivity contribution in [3.8, 4) is 11.8 Å². The number of hydrogen-bond acceptors (Lipinski definition) is 2. The Morgan fingerprint density at radius 3 is 2.52 bits per heavy atom. The van der Waals surface area contributed by atoms with Crippen molar-refractivity contribution in [1.82, 2.24) is 5.32 Å². The molecule has 2 rings (SSSR count). The Balaban J connectivity index is 1.91. The van der Waals surface area contributed by atoms with Crippen LogP contribution in [0.1, 0.15) is 11.1 Å². The minimum absolute atomic E-state index is 0.0729. The molecule has 0 aliphatic rings. The molecule has 0 fully saturated rings. The Hall–Kier alpha value is -2.93. The second-order valence-corrected chi connectivity index (χ2v) is 4.30. The number of amides is 2. The smallest absolute Gasteiger partial charge is 0.285 e. The molecule has 3 nitrogen and oxygen atoms in total. The zero-order chi connectivity index (χ0) is 15.1. The lowest BCUT2D eigenvalue weighted by molar-refractivity contribution is -0.127. The van der Waals surface area contributed by atoms with Gasteiger partial charge in [0.2, 0.25) is 5.91 Å². The Morgan fingerprint density at radius 2 is 1.81 bits per heavy atom. The van der Waals surface area contributed by atoms with E-state index in [4.69, 9.17) is 0 Å². The molecule has 4 heteroatoms. The van der Waals surface area contributed by atoms with E-state index in [0.29, 0.717) is 11.1 Å². The van der Waals surface area contributed by atoms with Gasteiger partial charge in [0.1, 0.15) is 5.82 Å². The van der Waals surface area contributed by atoms with Crippen LogP contribution in [0.3, 0.4) is 0 Å². The summed E-state index contributed by atoms with van der Waals surface area (Å²) in [5.41, 5.74) is 1.18. The van der Waals surface area contributed by atoms with Crippen molar-refractivity contribution >= 4 is 11.8 Å². The third-order valence-electron chi connectivity index (χ3n) is 2.60. The van der Waals surface area contributed by atoms with Crippen LogP contribution in [0.25, 0.3) is 0 Å². The lowest BCUT2D eigenvalue weighted by atomic mass is 10.1. The van der Waals surface area contributed by atoms with Crippen LogP contribution in [-0.4, -0.2) is 11.8 Å². The number of carbonyl (C=O) groups excluding carboxylic acids is 2. The molecule has 0 aromatic heterocycles. The van der Waals surface area contributed by atoms with E-state index >= 15 is 0 Å². The van der Waals surface area contributed by atoms with Crippen LogP contribution < -0.4 is 5.32 Å². The molecule has 0 bridgehead atoms. The van der Waals surface area contributed by atoms with Crippen LogP contribution in [0, 0.1) is 17.7 Å². The van der Waals surface area contributed by atoms with Crippen LogP contribution in [0.15, 0.2) is 54.6 Å². The normalized spacial score (nSPS) is 9.38. The summed E-state index contributed by atoms with van der Waals surface area (Å²) in [5, 5.41) is 2.14. The van der Waals surface area contributed by atoms with Crippen molar-refractivity contribution in [2.24, 2.45) is 0 Å². The van der Waals surface area contributed by atoms with Gasteiger partial charge in [-0.3, -0.25) is 14.9 Å². The third kappa shape index (κ3) is 4.92. The van der Waals surface area contributed by atoms with Gasteiger partial charge < -0.3 is 0 Å². The molecule has 21 heavy (non-hydrogen) atoms. The average Bonchev–Trinajstić information content (AvgIpc) is 2.46. The van der Waals surface area contributed by atoms with Crippen LogP contribution in [0.5, 0.6) is 0 Å². The second kappa shape index (κ2) is 7.01. The van der Waals surface area contributed by atoms with Gasteiger partial charge in [-0.15, -0.1) is 0 Å². The molecule has 0 saturated heterocycles. The predicted octanol–water partition coefficient (Wildman–Crippen LogP) is 2.06. The molecular formula is C17H12FNO2. The number of benzene rings is 2. The van der Waals surface area contributed by atoms with Gasteiger partial charge in [-0.25, -0.2) is 4.39 Å². The van der Waals surface area contributed by atoms with Crippen molar-refractivity contribution in [3.63, 3.8) is 0 Å². The fraction of sp³-hybridized carbons (Fsp3) is 0.0588. The SMILES string of the molecule is O=C(C#Cc1ccccc1)NC(=O)Cc1cccc(F)c1. The van der Waals surface area contributed by atoms with Gasteiger partial charge in [-0.05, 0) is 29.8 Å². The van der Waals surface area contributed by atoms with Gasteiger partial charge in [-0.2, -0.15) is 0 Å². The van der Waals surface area contributed by atoms with Crippen molar-refractivity contribution in [2.45, 2.75) is 6.42 Å². The maximum atomic E-state index is 13.0. The average molecular weight is 281 g/mol. The summed E-state index contributed by atoms with van der Waals surface area (Å²) in [7, 11) is 0. The number of imide groups is 1. The molecular weight excluding hydrogens is 269 g/mol. The zero-order valence-electron chi connectivity index (χ0n) is 11.1. The number of halogens is 1. The summed E-state index contributed by atoms with van der Waals surface area (Å²) in [6.45, 7) is 0. The van der Waals surface area contributed by atoms with Crippen LogP contribution in [-0.2, 0) is 16.0 Å². The second-order valence-electron chi connectivity index (χ2n) is 4.30. The lowest BCUT2D eigenvalue weighted by Crippen LogP contribution is -2.30. The van der Waals surface area contributed by atoms with E-state index in [2.05, 4.69) is 17.2 Å². The first kappa shape index (κ1) is 14.5. The number of hydrogen-bond donors (Lipinski definition) is 1. The molecule has 0 spiro atoms. The molecule has 0 aliphatic carbocycles. The van der Waals surface area contributed by atoms with Gasteiger partial charge in [0, 0.05) is 11.5 Å². The summed E-state index contributed by atoms with van der Waals surface area (Å²) < 4.78 is 13.0. The first-order valence-electron chi connectivity index (χ1n) is 6.29. The Labute approximate surface area is 121 Å². The van der Waals surface area contributed by atoms with Gasteiger partial charge >= 0.3 is 5.91 Å². The molecule has 0 atom stereocenters. The van der Waals surface area contributed by atoms with Crippen molar-refractivity contribution < 1.29 is 14.0 Å². The largest absolute Gasteiger partial charge is 0.302 e. The maximum Gasteiger partial charge on any atom is 0.302 e. The first-order chi connectivity index (χ1) is 10.1. The minimum atomic E-state index is -0.680. The summed E-state index contributed by atoms with van der Waals surface area (Å²) in [5.74, 6) is 3.36. The number of nitrogens with one attached hydrogen (secondary N) is 1. The molecule has 0 radical (unpaired) electrons. The summed E-state index contributed by atoms with van der Waals surface area (Å²) >= 11 is 0. The topological polar surface area (TPSA) is 46.2 Å². The van der Waals surface area contributed by atoms with Crippen LogP contribution in [0.2, 0.25) is 0 Å². The fourth-order valence-electron chi connectivity index (χ4n) is 1.68. The molecule has 104 valence electrons. The molecule has 0 heterocycles.